The molecule has 0 spiro atoms. The number of aromatic nitrogens is 2. The molecule has 0 bridgehead atoms. The van der Waals surface area contributed by atoms with Crippen molar-refractivity contribution in [2.24, 2.45) is 0 Å². The zero-order valence-corrected chi connectivity index (χ0v) is 16.1. The van der Waals surface area contributed by atoms with E-state index in [-0.39, 0.29) is 34.3 Å². The van der Waals surface area contributed by atoms with Gasteiger partial charge >= 0.3 is 5.69 Å². The highest BCUT2D eigenvalue weighted by Gasteiger charge is 2.27. The van der Waals surface area contributed by atoms with Crippen molar-refractivity contribution in [3.63, 3.8) is 0 Å². The number of rotatable bonds is 6. The van der Waals surface area contributed by atoms with Gasteiger partial charge in [0, 0.05) is 31.3 Å². The molecule has 1 aromatic carbocycles. The van der Waals surface area contributed by atoms with Crippen molar-refractivity contribution >= 4 is 23.2 Å². The van der Waals surface area contributed by atoms with Crippen molar-refractivity contribution < 1.29 is 24.0 Å². The van der Waals surface area contributed by atoms with Crippen LogP contribution in [0.25, 0.3) is 0 Å². The van der Waals surface area contributed by atoms with Crippen LogP contribution in [0.15, 0.2) is 24.4 Å². The number of anilines is 1. The number of hydrogen-bond acceptors (Lipinski definition) is 7. The first-order chi connectivity index (χ1) is 14.0. The zero-order valence-electron chi connectivity index (χ0n) is 16.1. The number of nitro benzene ring substituents is 1. The van der Waals surface area contributed by atoms with Gasteiger partial charge in [0.05, 0.1) is 37.1 Å². The maximum absolute atomic E-state index is 13.0. The van der Waals surface area contributed by atoms with E-state index < -0.39 is 10.8 Å². The lowest BCUT2D eigenvalue weighted by Gasteiger charge is -2.27. The van der Waals surface area contributed by atoms with Gasteiger partial charge in [-0.3, -0.25) is 24.4 Å². The van der Waals surface area contributed by atoms with E-state index in [1.165, 1.54) is 30.1 Å². The number of methoxy groups -OCH3 is 1. The number of carbonyl (C=O) groups is 2. The minimum Gasteiger partial charge on any atom is -0.490 e. The second-order valence-corrected chi connectivity index (χ2v) is 6.23. The molecular weight excluding hydrogens is 382 g/mol. The molecule has 0 atom stereocenters. The predicted molar refractivity (Wildman–Crippen MR) is 102 cm³/mol. The Bertz CT molecular complexity index is 935. The molecule has 0 saturated carbocycles. The van der Waals surface area contributed by atoms with Crippen LogP contribution >= 0.6 is 0 Å². The lowest BCUT2D eigenvalue weighted by atomic mass is 10.1. The monoisotopic (exact) mass is 403 g/mol. The smallest absolute Gasteiger partial charge is 0.311 e. The van der Waals surface area contributed by atoms with Gasteiger partial charge in [0.15, 0.2) is 5.75 Å². The fraction of sp³-hybridized carbons (Fsp3) is 0.389. The van der Waals surface area contributed by atoms with Crippen molar-refractivity contribution in [1.29, 1.82) is 0 Å². The quantitative estimate of drug-likeness (QED) is 0.572. The van der Waals surface area contributed by atoms with Crippen molar-refractivity contribution in [3.8, 4) is 5.75 Å². The van der Waals surface area contributed by atoms with E-state index in [4.69, 9.17) is 9.47 Å². The van der Waals surface area contributed by atoms with Gasteiger partial charge in [-0.15, -0.1) is 0 Å². The van der Waals surface area contributed by atoms with E-state index in [0.717, 1.165) is 6.07 Å². The molecule has 1 aliphatic heterocycles. The van der Waals surface area contributed by atoms with Gasteiger partial charge in [0.1, 0.15) is 5.69 Å². The molecule has 1 aliphatic rings. The molecular formula is C18H21N5O6. The average molecular weight is 403 g/mol. The van der Waals surface area contributed by atoms with Crippen LogP contribution in [0, 0.1) is 10.1 Å². The zero-order chi connectivity index (χ0) is 21.0. The van der Waals surface area contributed by atoms with Crippen LogP contribution in [0.5, 0.6) is 5.75 Å². The summed E-state index contributed by atoms with van der Waals surface area (Å²) in [4.78, 5) is 37.8. The molecule has 2 aromatic rings. The molecule has 11 heteroatoms. The molecule has 2 amide bonds. The van der Waals surface area contributed by atoms with Crippen LogP contribution < -0.4 is 10.1 Å². The Morgan fingerprint density at radius 2 is 2.07 bits per heavy atom. The van der Waals surface area contributed by atoms with Gasteiger partial charge < -0.3 is 19.7 Å². The first-order valence-corrected chi connectivity index (χ1v) is 9.02. The maximum Gasteiger partial charge on any atom is 0.311 e. The summed E-state index contributed by atoms with van der Waals surface area (Å²) in [5.74, 6) is -0.806. The number of aryl methyl sites for hydroxylation is 1. The van der Waals surface area contributed by atoms with E-state index in [0.29, 0.717) is 32.8 Å². The van der Waals surface area contributed by atoms with Gasteiger partial charge in [-0.2, -0.15) is 5.10 Å². The number of amides is 2. The van der Waals surface area contributed by atoms with E-state index >= 15 is 0 Å². The first kappa shape index (κ1) is 20.3. The standard InChI is InChI=1S/C18H21N5O6/c1-3-22-16(18(25)21-6-8-29-9-7-21)13(11-19-22)20-17(24)12-4-5-15(28-2)14(10-12)23(26)27/h4-5,10-11H,3,6-9H2,1-2H3,(H,20,24). The summed E-state index contributed by atoms with van der Waals surface area (Å²) in [5, 5.41) is 18.0. The number of carbonyl (C=O) groups excluding carboxylic acids is 2. The molecule has 1 saturated heterocycles. The minimum atomic E-state index is -0.627. The SMILES string of the molecule is CCn1ncc(NC(=O)c2ccc(OC)c([N+](=O)[O-])c2)c1C(=O)N1CCOCC1. The maximum atomic E-state index is 13.0. The van der Waals surface area contributed by atoms with Gasteiger partial charge in [0.2, 0.25) is 0 Å². The second-order valence-electron chi connectivity index (χ2n) is 6.23. The van der Waals surface area contributed by atoms with Crippen molar-refractivity contribution in [1.82, 2.24) is 14.7 Å². The second kappa shape index (κ2) is 8.69. The third-order valence-corrected chi connectivity index (χ3v) is 4.53. The largest absolute Gasteiger partial charge is 0.490 e. The van der Waals surface area contributed by atoms with E-state index in [1.54, 1.807) is 4.90 Å². The number of benzene rings is 1. The van der Waals surface area contributed by atoms with Gasteiger partial charge in [-0.25, -0.2) is 0 Å². The third kappa shape index (κ3) is 4.19. The first-order valence-electron chi connectivity index (χ1n) is 9.02. The molecule has 1 fully saturated rings. The number of hydrogen-bond donors (Lipinski definition) is 1. The Morgan fingerprint density at radius 3 is 2.69 bits per heavy atom. The lowest BCUT2D eigenvalue weighted by Crippen LogP contribution is -2.41. The Balaban J connectivity index is 1.87. The summed E-state index contributed by atoms with van der Waals surface area (Å²) in [5.41, 5.74) is 0.234. The van der Waals surface area contributed by atoms with E-state index in [1.807, 2.05) is 6.92 Å². The number of nitro groups is 1. The predicted octanol–water partition coefficient (Wildman–Crippen LogP) is 1.54. The highest BCUT2D eigenvalue weighted by atomic mass is 16.6. The molecule has 2 heterocycles. The highest BCUT2D eigenvalue weighted by Crippen LogP contribution is 2.28. The normalized spacial score (nSPS) is 13.8. The van der Waals surface area contributed by atoms with Crippen molar-refractivity contribution in [2.75, 3.05) is 38.7 Å². The van der Waals surface area contributed by atoms with Crippen LogP contribution in [0.3, 0.4) is 0 Å². The van der Waals surface area contributed by atoms with Gasteiger partial charge in [-0.05, 0) is 19.1 Å². The molecule has 29 heavy (non-hydrogen) atoms. The number of morpholine rings is 1. The lowest BCUT2D eigenvalue weighted by molar-refractivity contribution is -0.385. The Morgan fingerprint density at radius 1 is 1.34 bits per heavy atom. The molecule has 1 aromatic heterocycles. The fourth-order valence-electron chi connectivity index (χ4n) is 3.03. The summed E-state index contributed by atoms with van der Waals surface area (Å²) in [6, 6.07) is 3.89. The van der Waals surface area contributed by atoms with Crippen LogP contribution in [0.1, 0.15) is 27.8 Å². The molecule has 0 aliphatic carbocycles. The van der Waals surface area contributed by atoms with Crippen molar-refractivity contribution in [3.05, 3.63) is 45.8 Å². The summed E-state index contributed by atoms with van der Waals surface area (Å²) in [6.07, 6.45) is 1.40. The highest BCUT2D eigenvalue weighted by molar-refractivity contribution is 6.08. The number of nitrogens with one attached hydrogen (secondary N) is 1. The molecule has 3 rings (SSSR count). The van der Waals surface area contributed by atoms with E-state index in [9.17, 15) is 19.7 Å². The molecule has 154 valence electrons. The van der Waals surface area contributed by atoms with Gasteiger partial charge in [0.25, 0.3) is 11.8 Å². The number of ether oxygens (including phenoxy) is 2. The molecule has 11 nitrogen and oxygen atoms in total. The van der Waals surface area contributed by atoms with Crippen LogP contribution in [-0.2, 0) is 11.3 Å². The Hall–Kier alpha value is -3.47. The fourth-order valence-corrected chi connectivity index (χ4v) is 3.03. The van der Waals surface area contributed by atoms with Gasteiger partial charge in [-0.1, -0.05) is 0 Å². The number of nitrogens with zero attached hydrogens (tertiary/aromatic N) is 4. The molecule has 0 unspecified atom stereocenters. The summed E-state index contributed by atoms with van der Waals surface area (Å²) in [6.45, 7) is 4.07. The third-order valence-electron chi connectivity index (χ3n) is 4.53. The Labute approximate surface area is 166 Å². The average Bonchev–Trinajstić information content (AvgIpc) is 3.15. The molecule has 1 N–H and O–H groups in total. The summed E-state index contributed by atoms with van der Waals surface area (Å²) >= 11 is 0. The van der Waals surface area contributed by atoms with Crippen LogP contribution in [-0.4, -0.2) is 64.8 Å². The van der Waals surface area contributed by atoms with Crippen LogP contribution in [0.2, 0.25) is 0 Å². The van der Waals surface area contributed by atoms with E-state index in [2.05, 4.69) is 10.4 Å². The minimum absolute atomic E-state index is 0.0496. The topological polar surface area (TPSA) is 129 Å². The van der Waals surface area contributed by atoms with Crippen LogP contribution in [0.4, 0.5) is 11.4 Å². The molecule has 0 radical (unpaired) electrons. The summed E-state index contributed by atoms with van der Waals surface area (Å²) < 4.78 is 11.7. The van der Waals surface area contributed by atoms with Crippen molar-refractivity contribution in [2.45, 2.75) is 13.5 Å². The summed E-state index contributed by atoms with van der Waals surface area (Å²) in [7, 11) is 1.31. The Kier molecular flexibility index (Phi) is 6.07.